The van der Waals surface area contributed by atoms with Crippen molar-refractivity contribution in [1.29, 1.82) is 0 Å². The van der Waals surface area contributed by atoms with Crippen LogP contribution in [-0.4, -0.2) is 10.2 Å². The fourth-order valence-electron chi connectivity index (χ4n) is 0.964. The Bertz CT molecular complexity index is 469. The number of nitrogens with two attached hydrogens (primary N) is 1. The summed E-state index contributed by atoms with van der Waals surface area (Å²) in [6.45, 7) is 0. The molecule has 6 heteroatoms. The van der Waals surface area contributed by atoms with Crippen molar-refractivity contribution >= 4 is 40.2 Å². The fourth-order valence-corrected chi connectivity index (χ4v) is 2.05. The summed E-state index contributed by atoms with van der Waals surface area (Å²) in [4.78, 5) is 0.922. The van der Waals surface area contributed by atoms with Crippen molar-refractivity contribution in [2.24, 2.45) is 0 Å². The van der Waals surface area contributed by atoms with Crippen molar-refractivity contribution in [3.63, 3.8) is 0 Å². The largest absolute Gasteiger partial charge is 0.396 e. The number of aromatic nitrogens is 2. The Balaban J connectivity index is 2.47. The van der Waals surface area contributed by atoms with Crippen LogP contribution in [0.15, 0.2) is 18.2 Å². The number of anilines is 1. The van der Waals surface area contributed by atoms with Gasteiger partial charge >= 0.3 is 0 Å². The molecule has 0 unspecified atom stereocenters. The van der Waals surface area contributed by atoms with Gasteiger partial charge in [0.1, 0.15) is 5.69 Å². The second kappa shape index (κ2) is 3.73. The summed E-state index contributed by atoms with van der Waals surface area (Å²) >= 11 is 12.9. The highest BCUT2D eigenvalue weighted by atomic mass is 35.5. The van der Waals surface area contributed by atoms with Gasteiger partial charge in [-0.25, -0.2) is 0 Å². The standard InChI is InChI=1S/C8H5Cl2N3S/c9-7-2-1-6(14-7)5-3-4(11)8(10)13-12-5/h1-3H,(H2,11,12). The van der Waals surface area contributed by atoms with E-state index in [4.69, 9.17) is 28.9 Å². The van der Waals surface area contributed by atoms with Crippen molar-refractivity contribution < 1.29 is 0 Å². The molecule has 0 spiro atoms. The van der Waals surface area contributed by atoms with Crippen molar-refractivity contribution in [2.45, 2.75) is 0 Å². The second-order valence-electron chi connectivity index (χ2n) is 2.58. The first kappa shape index (κ1) is 9.71. The van der Waals surface area contributed by atoms with Gasteiger partial charge in [-0.2, -0.15) is 0 Å². The van der Waals surface area contributed by atoms with Crippen molar-refractivity contribution in [3.05, 3.63) is 27.7 Å². The first-order chi connectivity index (χ1) is 6.66. The van der Waals surface area contributed by atoms with E-state index in [0.29, 0.717) is 15.7 Å². The third-order valence-electron chi connectivity index (χ3n) is 1.60. The zero-order valence-electron chi connectivity index (χ0n) is 6.87. The smallest absolute Gasteiger partial charge is 0.174 e. The van der Waals surface area contributed by atoms with Crippen LogP contribution in [-0.2, 0) is 0 Å². The van der Waals surface area contributed by atoms with Crippen LogP contribution in [0.5, 0.6) is 0 Å². The molecule has 0 radical (unpaired) electrons. The minimum atomic E-state index is 0.219. The van der Waals surface area contributed by atoms with Crippen LogP contribution < -0.4 is 5.73 Å². The third kappa shape index (κ3) is 1.82. The average Bonchev–Trinajstić information content (AvgIpc) is 2.57. The molecule has 0 amide bonds. The molecule has 0 saturated carbocycles. The van der Waals surface area contributed by atoms with E-state index in [1.54, 1.807) is 12.1 Å². The lowest BCUT2D eigenvalue weighted by Crippen LogP contribution is -1.93. The van der Waals surface area contributed by atoms with E-state index >= 15 is 0 Å². The normalized spacial score (nSPS) is 10.4. The van der Waals surface area contributed by atoms with Crippen LogP contribution in [0.2, 0.25) is 9.49 Å². The molecule has 0 aliphatic rings. The first-order valence-electron chi connectivity index (χ1n) is 3.71. The molecular weight excluding hydrogens is 241 g/mol. The minimum absolute atomic E-state index is 0.219. The second-order valence-corrected chi connectivity index (χ2v) is 4.65. The SMILES string of the molecule is Nc1cc(-c2ccc(Cl)s2)nnc1Cl. The van der Waals surface area contributed by atoms with E-state index in [2.05, 4.69) is 10.2 Å². The summed E-state index contributed by atoms with van der Waals surface area (Å²) < 4.78 is 0.704. The van der Waals surface area contributed by atoms with Crippen molar-refractivity contribution in [2.75, 3.05) is 5.73 Å². The Kier molecular flexibility index (Phi) is 2.58. The first-order valence-corrected chi connectivity index (χ1v) is 5.28. The van der Waals surface area contributed by atoms with Crippen LogP contribution in [0, 0.1) is 0 Å². The van der Waals surface area contributed by atoms with E-state index in [-0.39, 0.29) is 5.15 Å². The third-order valence-corrected chi connectivity index (χ3v) is 3.15. The molecule has 2 aromatic heterocycles. The number of nitrogens with zero attached hydrogens (tertiary/aromatic N) is 2. The lowest BCUT2D eigenvalue weighted by atomic mass is 10.3. The van der Waals surface area contributed by atoms with Crippen LogP contribution in [0.25, 0.3) is 10.6 Å². The predicted molar refractivity (Wildman–Crippen MR) is 59.8 cm³/mol. The molecule has 3 nitrogen and oxygen atoms in total. The number of nitrogen functional groups attached to an aromatic ring is 1. The summed E-state index contributed by atoms with van der Waals surface area (Å²) in [5.74, 6) is 0. The molecule has 2 N–H and O–H groups in total. The molecule has 72 valence electrons. The van der Waals surface area contributed by atoms with Gasteiger partial charge in [-0.1, -0.05) is 23.2 Å². The van der Waals surface area contributed by atoms with E-state index in [1.165, 1.54) is 11.3 Å². The molecule has 2 rings (SSSR count). The quantitative estimate of drug-likeness (QED) is 0.841. The lowest BCUT2D eigenvalue weighted by Gasteiger charge is -1.98. The number of hydrogen-bond donors (Lipinski definition) is 1. The minimum Gasteiger partial charge on any atom is -0.396 e. The Morgan fingerprint density at radius 3 is 2.57 bits per heavy atom. The van der Waals surface area contributed by atoms with Gasteiger partial charge < -0.3 is 5.73 Å². The summed E-state index contributed by atoms with van der Waals surface area (Å²) in [6.07, 6.45) is 0. The molecule has 0 atom stereocenters. The molecule has 2 aromatic rings. The van der Waals surface area contributed by atoms with Gasteiger partial charge in [-0.3, -0.25) is 0 Å². The molecule has 0 saturated heterocycles. The van der Waals surface area contributed by atoms with Crippen molar-refractivity contribution in [1.82, 2.24) is 10.2 Å². The number of hydrogen-bond acceptors (Lipinski definition) is 4. The van der Waals surface area contributed by atoms with Gasteiger partial charge in [0.15, 0.2) is 5.15 Å². The average molecular weight is 246 g/mol. The molecule has 0 aliphatic carbocycles. The van der Waals surface area contributed by atoms with Crippen LogP contribution >= 0.6 is 34.5 Å². The fraction of sp³-hybridized carbons (Fsp3) is 0. The maximum atomic E-state index is 5.79. The zero-order chi connectivity index (χ0) is 10.1. The molecular formula is C8H5Cl2N3S. The maximum Gasteiger partial charge on any atom is 0.174 e. The van der Waals surface area contributed by atoms with Crippen LogP contribution in [0.4, 0.5) is 5.69 Å². The topological polar surface area (TPSA) is 51.8 Å². The van der Waals surface area contributed by atoms with Crippen LogP contribution in [0.1, 0.15) is 0 Å². The van der Waals surface area contributed by atoms with Gasteiger partial charge in [0.2, 0.25) is 0 Å². The highest BCUT2D eigenvalue weighted by molar-refractivity contribution is 7.19. The predicted octanol–water partition coefficient (Wildman–Crippen LogP) is 3.09. The number of rotatable bonds is 1. The van der Waals surface area contributed by atoms with Gasteiger partial charge in [0, 0.05) is 0 Å². The van der Waals surface area contributed by atoms with Gasteiger partial charge in [-0.05, 0) is 18.2 Å². The Morgan fingerprint density at radius 1 is 1.21 bits per heavy atom. The van der Waals surface area contributed by atoms with E-state index < -0.39 is 0 Å². The van der Waals surface area contributed by atoms with Gasteiger partial charge in [-0.15, -0.1) is 21.5 Å². The van der Waals surface area contributed by atoms with Gasteiger partial charge in [0.25, 0.3) is 0 Å². The number of thiophene rings is 1. The lowest BCUT2D eigenvalue weighted by molar-refractivity contribution is 1.04. The van der Waals surface area contributed by atoms with E-state index in [9.17, 15) is 0 Å². The summed E-state index contributed by atoms with van der Waals surface area (Å²) in [6, 6.07) is 5.34. The molecule has 0 aliphatic heterocycles. The summed E-state index contributed by atoms with van der Waals surface area (Å²) in [5, 5.41) is 7.85. The van der Waals surface area contributed by atoms with Gasteiger partial charge in [0.05, 0.1) is 14.9 Å². The Morgan fingerprint density at radius 2 is 2.00 bits per heavy atom. The van der Waals surface area contributed by atoms with Crippen LogP contribution in [0.3, 0.4) is 0 Å². The molecule has 14 heavy (non-hydrogen) atoms. The number of halogens is 2. The molecule has 0 fully saturated rings. The molecule has 0 bridgehead atoms. The van der Waals surface area contributed by atoms with E-state index in [0.717, 1.165) is 4.88 Å². The van der Waals surface area contributed by atoms with E-state index in [1.807, 2.05) is 6.07 Å². The Hall–Kier alpha value is -0.840. The highest BCUT2D eigenvalue weighted by Gasteiger charge is 2.06. The zero-order valence-corrected chi connectivity index (χ0v) is 9.20. The summed E-state index contributed by atoms with van der Waals surface area (Å²) in [5.41, 5.74) is 6.70. The molecule has 0 aromatic carbocycles. The highest BCUT2D eigenvalue weighted by Crippen LogP contribution is 2.31. The Labute approximate surface area is 94.5 Å². The monoisotopic (exact) mass is 245 g/mol. The van der Waals surface area contributed by atoms with Crippen molar-refractivity contribution in [3.8, 4) is 10.6 Å². The maximum absolute atomic E-state index is 5.79. The molecule has 2 heterocycles. The summed E-state index contributed by atoms with van der Waals surface area (Å²) in [7, 11) is 0.